The van der Waals surface area contributed by atoms with Gasteiger partial charge in [0, 0.05) is 16.8 Å². The highest BCUT2D eigenvalue weighted by Crippen LogP contribution is 2.45. The number of benzene rings is 8. The molecule has 0 aliphatic rings. The highest BCUT2D eigenvalue weighted by Gasteiger charge is 2.21. The average Bonchev–Trinajstić information content (AvgIpc) is 3.56. The molecule has 0 aliphatic carbocycles. The van der Waals surface area contributed by atoms with Crippen LogP contribution in [-0.4, -0.2) is 0 Å². The minimum absolute atomic E-state index is 0.869. The highest BCUT2D eigenvalue weighted by molar-refractivity contribution is 6.23. The minimum Gasteiger partial charge on any atom is -0.456 e. The van der Waals surface area contributed by atoms with Crippen molar-refractivity contribution in [2.24, 2.45) is 0 Å². The topological polar surface area (TPSA) is 16.4 Å². The Kier molecular flexibility index (Phi) is 6.84. The van der Waals surface area contributed by atoms with E-state index in [9.17, 15) is 0 Å². The van der Waals surface area contributed by atoms with Crippen LogP contribution in [0.25, 0.3) is 66.1 Å². The molecule has 2 heteroatoms. The Morgan fingerprint density at radius 2 is 0.812 bits per heavy atom. The molecule has 0 spiro atoms. The largest absolute Gasteiger partial charge is 0.456 e. The predicted octanol–water partition coefficient (Wildman–Crippen LogP) is 13.2. The second-order valence-corrected chi connectivity index (χ2v) is 12.2. The number of hydrogen-bond acceptors (Lipinski definition) is 2. The molecular weight excluding hydrogens is 583 g/mol. The summed E-state index contributed by atoms with van der Waals surface area (Å²) in [6, 6.07) is 66.8. The summed E-state index contributed by atoms with van der Waals surface area (Å²) in [6.07, 6.45) is 0. The molecule has 1 aromatic heterocycles. The van der Waals surface area contributed by atoms with Crippen molar-refractivity contribution in [2.45, 2.75) is 0 Å². The molecule has 0 radical (unpaired) electrons. The SMILES string of the molecule is c1ccc(-c2ccc(N(c3ccc(-c4ccccc4)cc3)c3cccc4oc5ccc6cc(-c7ccccc7)ccc6c5c34)cc2)cc1. The Morgan fingerprint density at radius 1 is 0.333 bits per heavy atom. The number of furan rings is 1. The van der Waals surface area contributed by atoms with Crippen molar-refractivity contribution < 1.29 is 4.42 Å². The first-order valence-electron chi connectivity index (χ1n) is 16.3. The molecule has 9 aromatic rings. The van der Waals surface area contributed by atoms with Gasteiger partial charge < -0.3 is 9.32 Å². The normalized spacial score (nSPS) is 11.3. The van der Waals surface area contributed by atoms with Gasteiger partial charge in [0.15, 0.2) is 0 Å². The second kappa shape index (κ2) is 11.8. The maximum atomic E-state index is 6.57. The predicted molar refractivity (Wildman–Crippen MR) is 202 cm³/mol. The van der Waals surface area contributed by atoms with E-state index >= 15 is 0 Å². The summed E-state index contributed by atoms with van der Waals surface area (Å²) >= 11 is 0. The molecule has 226 valence electrons. The van der Waals surface area contributed by atoms with Gasteiger partial charge in [-0.1, -0.05) is 140 Å². The molecule has 0 aliphatic heterocycles. The van der Waals surface area contributed by atoms with Gasteiger partial charge in [0.2, 0.25) is 0 Å². The van der Waals surface area contributed by atoms with Crippen LogP contribution in [0.3, 0.4) is 0 Å². The van der Waals surface area contributed by atoms with E-state index in [1.165, 1.54) is 44.2 Å². The third-order valence-electron chi connectivity index (χ3n) is 9.27. The molecule has 0 saturated carbocycles. The summed E-state index contributed by atoms with van der Waals surface area (Å²) in [4.78, 5) is 2.36. The molecule has 0 fully saturated rings. The fourth-order valence-corrected chi connectivity index (χ4v) is 6.92. The van der Waals surface area contributed by atoms with Crippen molar-refractivity contribution in [1.29, 1.82) is 0 Å². The summed E-state index contributed by atoms with van der Waals surface area (Å²) < 4.78 is 6.57. The monoisotopic (exact) mass is 613 g/mol. The lowest BCUT2D eigenvalue weighted by molar-refractivity contribution is 0.669. The molecule has 0 N–H and O–H groups in total. The van der Waals surface area contributed by atoms with Crippen LogP contribution in [0, 0.1) is 0 Å². The van der Waals surface area contributed by atoms with E-state index < -0.39 is 0 Å². The van der Waals surface area contributed by atoms with E-state index in [2.05, 4.69) is 193 Å². The van der Waals surface area contributed by atoms with Crippen LogP contribution >= 0.6 is 0 Å². The van der Waals surface area contributed by atoms with Crippen LogP contribution in [0.1, 0.15) is 0 Å². The van der Waals surface area contributed by atoms with Crippen molar-refractivity contribution in [3.8, 4) is 33.4 Å². The quantitative estimate of drug-likeness (QED) is 0.185. The number of fused-ring (bicyclic) bond motifs is 5. The molecule has 0 bridgehead atoms. The van der Waals surface area contributed by atoms with E-state index in [-0.39, 0.29) is 0 Å². The molecule has 0 saturated heterocycles. The third kappa shape index (κ3) is 4.92. The summed E-state index contributed by atoms with van der Waals surface area (Å²) in [5.41, 5.74) is 12.2. The van der Waals surface area contributed by atoms with Gasteiger partial charge in [0.1, 0.15) is 11.2 Å². The first-order chi connectivity index (χ1) is 23.8. The van der Waals surface area contributed by atoms with Gasteiger partial charge in [-0.15, -0.1) is 0 Å². The van der Waals surface area contributed by atoms with E-state index in [4.69, 9.17) is 4.42 Å². The Balaban J connectivity index is 1.25. The third-order valence-corrected chi connectivity index (χ3v) is 9.27. The average molecular weight is 614 g/mol. The Labute approximate surface area is 279 Å². The smallest absolute Gasteiger partial charge is 0.137 e. The Bertz CT molecular complexity index is 2430. The standard InChI is InChI=1S/C46H31NO/c1-4-11-32(12-5-1)35-19-25-39(26-20-35)47(40-27-21-36(22-28-40)33-13-6-2-7-14-33)42-17-10-18-43-46(42)45-41-29-23-37(34-15-8-3-9-16-34)31-38(41)24-30-44(45)48-43/h1-31H. The van der Waals surface area contributed by atoms with Gasteiger partial charge in [-0.2, -0.15) is 0 Å². The molecule has 8 aromatic carbocycles. The van der Waals surface area contributed by atoms with Crippen molar-refractivity contribution in [2.75, 3.05) is 4.90 Å². The molecule has 2 nitrogen and oxygen atoms in total. The van der Waals surface area contributed by atoms with Gasteiger partial charge >= 0.3 is 0 Å². The zero-order valence-corrected chi connectivity index (χ0v) is 26.3. The van der Waals surface area contributed by atoms with Crippen LogP contribution in [0.4, 0.5) is 17.1 Å². The highest BCUT2D eigenvalue weighted by atomic mass is 16.3. The molecule has 0 amide bonds. The lowest BCUT2D eigenvalue weighted by Crippen LogP contribution is -2.10. The Hall–Kier alpha value is -6.38. The van der Waals surface area contributed by atoms with Crippen molar-refractivity contribution in [3.63, 3.8) is 0 Å². The van der Waals surface area contributed by atoms with Gasteiger partial charge in [0.05, 0.1) is 11.1 Å². The van der Waals surface area contributed by atoms with E-state index in [0.29, 0.717) is 0 Å². The summed E-state index contributed by atoms with van der Waals surface area (Å²) in [5.74, 6) is 0. The van der Waals surface area contributed by atoms with Crippen LogP contribution in [0.15, 0.2) is 192 Å². The van der Waals surface area contributed by atoms with E-state index in [0.717, 1.165) is 39.0 Å². The van der Waals surface area contributed by atoms with Gasteiger partial charge in [-0.05, 0) is 92.7 Å². The van der Waals surface area contributed by atoms with Crippen LogP contribution < -0.4 is 4.90 Å². The zero-order valence-electron chi connectivity index (χ0n) is 26.3. The fourth-order valence-electron chi connectivity index (χ4n) is 6.92. The van der Waals surface area contributed by atoms with Gasteiger partial charge in [0.25, 0.3) is 0 Å². The first kappa shape index (κ1) is 27.9. The van der Waals surface area contributed by atoms with Crippen LogP contribution in [-0.2, 0) is 0 Å². The maximum Gasteiger partial charge on any atom is 0.137 e. The zero-order chi connectivity index (χ0) is 31.9. The van der Waals surface area contributed by atoms with Crippen molar-refractivity contribution in [1.82, 2.24) is 0 Å². The molecule has 48 heavy (non-hydrogen) atoms. The number of anilines is 3. The molecule has 1 heterocycles. The van der Waals surface area contributed by atoms with Crippen LogP contribution in [0.5, 0.6) is 0 Å². The summed E-state index contributed by atoms with van der Waals surface area (Å²) in [5, 5.41) is 4.60. The second-order valence-electron chi connectivity index (χ2n) is 12.2. The number of nitrogens with zero attached hydrogens (tertiary/aromatic N) is 1. The van der Waals surface area contributed by atoms with Gasteiger partial charge in [-0.25, -0.2) is 0 Å². The lowest BCUT2D eigenvalue weighted by Gasteiger charge is -2.27. The summed E-state index contributed by atoms with van der Waals surface area (Å²) in [7, 11) is 0. The number of hydrogen-bond donors (Lipinski definition) is 0. The lowest BCUT2D eigenvalue weighted by atomic mass is 9.97. The van der Waals surface area contributed by atoms with Crippen LogP contribution in [0.2, 0.25) is 0 Å². The minimum atomic E-state index is 0.869. The molecule has 0 unspecified atom stereocenters. The molecule has 0 atom stereocenters. The maximum absolute atomic E-state index is 6.57. The van der Waals surface area contributed by atoms with Gasteiger partial charge in [-0.3, -0.25) is 0 Å². The summed E-state index contributed by atoms with van der Waals surface area (Å²) in [6.45, 7) is 0. The fraction of sp³-hybridized carbons (Fsp3) is 0. The molecule has 9 rings (SSSR count). The van der Waals surface area contributed by atoms with E-state index in [1.807, 2.05) is 0 Å². The first-order valence-corrected chi connectivity index (χ1v) is 16.3. The van der Waals surface area contributed by atoms with E-state index in [1.54, 1.807) is 0 Å². The number of rotatable bonds is 6. The molecular formula is C46H31NO. The Morgan fingerprint density at radius 3 is 1.38 bits per heavy atom. The van der Waals surface area contributed by atoms with Crippen molar-refractivity contribution in [3.05, 3.63) is 188 Å². The van der Waals surface area contributed by atoms with Crippen molar-refractivity contribution >= 4 is 49.8 Å².